The number of ketones is 1. The van der Waals surface area contributed by atoms with Crippen LogP contribution in [0.15, 0.2) is 12.1 Å². The molecule has 1 atom stereocenters. The lowest BCUT2D eigenvalue weighted by atomic mass is 9.92. The van der Waals surface area contributed by atoms with Crippen molar-refractivity contribution in [3.05, 3.63) is 28.8 Å². The first-order chi connectivity index (χ1) is 7.91. The molecule has 0 spiro atoms. The molecule has 0 fully saturated rings. The molecule has 2 rings (SSSR count). The predicted octanol–water partition coefficient (Wildman–Crippen LogP) is 3.07. The average Bonchev–Trinajstić information content (AvgIpc) is 2.55. The summed E-state index contributed by atoms with van der Waals surface area (Å²) in [6.45, 7) is 6.34. The number of fused-ring (bicyclic) bond motifs is 1. The molecule has 1 aromatic carbocycles. The highest BCUT2D eigenvalue weighted by Crippen LogP contribution is 2.35. The van der Waals surface area contributed by atoms with Gasteiger partial charge in [-0.15, -0.1) is 0 Å². The first kappa shape index (κ1) is 12.2. The number of carbonyl (C=O) groups excluding carboxylic acids is 1. The molecule has 0 radical (unpaired) electrons. The van der Waals surface area contributed by atoms with Crippen molar-refractivity contribution in [2.45, 2.75) is 27.2 Å². The van der Waals surface area contributed by atoms with Crippen LogP contribution in [0.3, 0.4) is 0 Å². The van der Waals surface area contributed by atoms with Gasteiger partial charge in [0.25, 0.3) is 0 Å². The summed E-state index contributed by atoms with van der Waals surface area (Å²) in [7, 11) is 4.09. The van der Waals surface area contributed by atoms with Gasteiger partial charge in [0.15, 0.2) is 5.78 Å². The van der Waals surface area contributed by atoms with Gasteiger partial charge < -0.3 is 4.90 Å². The molecule has 0 saturated heterocycles. The SMILES string of the molecule is Cc1cc2c(cc1N(C)C)CC(C(C)C)C2=O. The molecule has 92 valence electrons. The van der Waals surface area contributed by atoms with Crippen LogP contribution < -0.4 is 4.90 Å². The minimum Gasteiger partial charge on any atom is -0.377 e. The smallest absolute Gasteiger partial charge is 0.166 e. The third-order valence-corrected chi connectivity index (χ3v) is 3.75. The van der Waals surface area contributed by atoms with Crippen LogP contribution in [0.1, 0.15) is 35.3 Å². The summed E-state index contributed by atoms with van der Waals surface area (Å²) in [5, 5.41) is 0. The van der Waals surface area contributed by atoms with Crippen molar-refractivity contribution in [2.75, 3.05) is 19.0 Å². The summed E-state index contributed by atoms with van der Waals surface area (Å²) < 4.78 is 0. The molecule has 0 heterocycles. The van der Waals surface area contributed by atoms with Gasteiger partial charge in [-0.2, -0.15) is 0 Å². The van der Waals surface area contributed by atoms with Gasteiger partial charge in [-0.3, -0.25) is 4.79 Å². The van der Waals surface area contributed by atoms with E-state index in [0.29, 0.717) is 11.7 Å². The second-order valence-electron chi connectivity index (χ2n) is 5.61. The normalized spacial score (nSPS) is 18.7. The second-order valence-corrected chi connectivity index (χ2v) is 5.61. The summed E-state index contributed by atoms with van der Waals surface area (Å²) in [5.41, 5.74) is 4.59. The number of aryl methyl sites for hydroxylation is 1. The van der Waals surface area contributed by atoms with Gasteiger partial charge >= 0.3 is 0 Å². The van der Waals surface area contributed by atoms with Crippen LogP contribution >= 0.6 is 0 Å². The summed E-state index contributed by atoms with van der Waals surface area (Å²) >= 11 is 0. The zero-order chi connectivity index (χ0) is 12.7. The van der Waals surface area contributed by atoms with Crippen molar-refractivity contribution in [3.63, 3.8) is 0 Å². The first-order valence-corrected chi connectivity index (χ1v) is 6.27. The molecule has 0 aromatic heterocycles. The fourth-order valence-electron chi connectivity index (χ4n) is 2.69. The van der Waals surface area contributed by atoms with E-state index in [-0.39, 0.29) is 5.92 Å². The van der Waals surface area contributed by atoms with E-state index in [2.05, 4.69) is 37.8 Å². The van der Waals surface area contributed by atoms with Crippen LogP contribution in [0, 0.1) is 18.8 Å². The van der Waals surface area contributed by atoms with Crippen molar-refractivity contribution in [3.8, 4) is 0 Å². The molecule has 1 unspecified atom stereocenters. The maximum absolute atomic E-state index is 12.3. The van der Waals surface area contributed by atoms with Gasteiger partial charge in [0.1, 0.15) is 0 Å². The predicted molar refractivity (Wildman–Crippen MR) is 71.9 cm³/mol. The largest absolute Gasteiger partial charge is 0.377 e. The van der Waals surface area contributed by atoms with Crippen molar-refractivity contribution < 1.29 is 4.79 Å². The van der Waals surface area contributed by atoms with Gasteiger partial charge in [-0.1, -0.05) is 13.8 Å². The van der Waals surface area contributed by atoms with E-state index >= 15 is 0 Å². The van der Waals surface area contributed by atoms with E-state index in [1.54, 1.807) is 0 Å². The molecule has 1 aromatic rings. The number of benzene rings is 1. The maximum Gasteiger partial charge on any atom is 0.166 e. The molecule has 0 saturated carbocycles. The summed E-state index contributed by atoms with van der Waals surface area (Å²) in [4.78, 5) is 14.4. The Labute approximate surface area is 104 Å². The summed E-state index contributed by atoms with van der Waals surface area (Å²) in [6, 6.07) is 4.25. The molecule has 17 heavy (non-hydrogen) atoms. The molecule has 1 aliphatic carbocycles. The van der Waals surface area contributed by atoms with E-state index in [1.165, 1.54) is 16.8 Å². The van der Waals surface area contributed by atoms with Crippen molar-refractivity contribution in [2.24, 2.45) is 11.8 Å². The molecule has 2 nitrogen and oxygen atoms in total. The zero-order valence-corrected chi connectivity index (χ0v) is 11.4. The molecule has 2 heteroatoms. The van der Waals surface area contributed by atoms with Gasteiger partial charge in [-0.25, -0.2) is 0 Å². The van der Waals surface area contributed by atoms with Crippen LogP contribution in [0.25, 0.3) is 0 Å². The highest BCUT2D eigenvalue weighted by molar-refractivity contribution is 6.03. The first-order valence-electron chi connectivity index (χ1n) is 6.27. The number of Topliss-reactive ketones (excluding diaryl/α,β-unsaturated/α-hetero) is 1. The molecule has 0 N–H and O–H groups in total. The number of rotatable bonds is 2. The lowest BCUT2D eigenvalue weighted by Gasteiger charge is -2.16. The Morgan fingerprint density at radius 2 is 1.94 bits per heavy atom. The van der Waals surface area contributed by atoms with Gasteiger partial charge in [0.2, 0.25) is 0 Å². The lowest BCUT2D eigenvalue weighted by molar-refractivity contribution is 0.0906. The zero-order valence-electron chi connectivity index (χ0n) is 11.4. The van der Waals surface area contributed by atoms with Gasteiger partial charge in [0.05, 0.1) is 0 Å². The van der Waals surface area contributed by atoms with Crippen LogP contribution in [0.4, 0.5) is 5.69 Å². The second kappa shape index (κ2) is 4.17. The molecule has 1 aliphatic rings. The van der Waals surface area contributed by atoms with Crippen LogP contribution in [0.5, 0.6) is 0 Å². The van der Waals surface area contributed by atoms with Crippen LogP contribution in [-0.4, -0.2) is 19.9 Å². The van der Waals surface area contributed by atoms with E-state index in [0.717, 1.165) is 12.0 Å². The Hall–Kier alpha value is -1.31. The Morgan fingerprint density at radius 1 is 1.29 bits per heavy atom. The number of hydrogen-bond acceptors (Lipinski definition) is 2. The Balaban J connectivity index is 2.46. The molecule has 0 bridgehead atoms. The van der Waals surface area contributed by atoms with Gasteiger partial charge in [-0.05, 0) is 42.5 Å². The highest BCUT2D eigenvalue weighted by atomic mass is 16.1. The number of carbonyl (C=O) groups is 1. The van der Waals surface area contributed by atoms with E-state index in [4.69, 9.17) is 0 Å². The van der Waals surface area contributed by atoms with Gasteiger partial charge in [0, 0.05) is 31.3 Å². The number of anilines is 1. The Kier molecular flexibility index (Phi) is 2.98. The molecular formula is C15H21NO. The van der Waals surface area contributed by atoms with Crippen LogP contribution in [-0.2, 0) is 6.42 Å². The highest BCUT2D eigenvalue weighted by Gasteiger charge is 2.33. The monoisotopic (exact) mass is 231 g/mol. The summed E-state index contributed by atoms with van der Waals surface area (Å²) in [5.74, 6) is 0.947. The maximum atomic E-state index is 12.3. The lowest BCUT2D eigenvalue weighted by Crippen LogP contribution is -2.15. The van der Waals surface area contributed by atoms with Crippen molar-refractivity contribution >= 4 is 11.5 Å². The number of nitrogens with zero attached hydrogens (tertiary/aromatic N) is 1. The standard InChI is InChI=1S/C15H21NO/c1-9(2)12-7-11-8-14(16(4)5)10(3)6-13(11)15(12)17/h6,8-9,12H,7H2,1-5H3. The third-order valence-electron chi connectivity index (χ3n) is 3.75. The molecular weight excluding hydrogens is 210 g/mol. The Morgan fingerprint density at radius 3 is 2.47 bits per heavy atom. The van der Waals surface area contributed by atoms with E-state index in [1.807, 2.05) is 14.1 Å². The summed E-state index contributed by atoms with van der Waals surface area (Å²) in [6.07, 6.45) is 0.910. The van der Waals surface area contributed by atoms with E-state index in [9.17, 15) is 4.79 Å². The van der Waals surface area contributed by atoms with Crippen LogP contribution in [0.2, 0.25) is 0 Å². The topological polar surface area (TPSA) is 20.3 Å². The molecule has 0 amide bonds. The third kappa shape index (κ3) is 1.97. The van der Waals surface area contributed by atoms with Crippen molar-refractivity contribution in [1.29, 1.82) is 0 Å². The van der Waals surface area contributed by atoms with E-state index < -0.39 is 0 Å². The molecule has 0 aliphatic heterocycles. The minimum atomic E-state index is 0.182. The number of hydrogen-bond donors (Lipinski definition) is 0. The average molecular weight is 231 g/mol. The quantitative estimate of drug-likeness (QED) is 0.779. The minimum absolute atomic E-state index is 0.182. The fraction of sp³-hybridized carbons (Fsp3) is 0.533. The fourth-order valence-corrected chi connectivity index (χ4v) is 2.69. The van der Waals surface area contributed by atoms with Crippen molar-refractivity contribution in [1.82, 2.24) is 0 Å². The Bertz CT molecular complexity index is 460.